The maximum atomic E-state index is 6.03. The molecule has 1 aromatic rings. The average Bonchev–Trinajstić information content (AvgIpc) is 2.77. The van der Waals surface area contributed by atoms with Gasteiger partial charge in [0.1, 0.15) is 0 Å². The molecule has 6 nitrogen and oxygen atoms in total. The third-order valence-corrected chi connectivity index (χ3v) is 4.08. The molecule has 1 aliphatic heterocycles. The number of hydrogen-bond donors (Lipinski definition) is 1. The lowest BCUT2D eigenvalue weighted by molar-refractivity contribution is -0.0163. The zero-order valence-electron chi connectivity index (χ0n) is 14.3. The van der Waals surface area contributed by atoms with Gasteiger partial charge in [-0.15, -0.1) is 24.0 Å². The fourth-order valence-corrected chi connectivity index (χ4v) is 2.89. The Hall–Kier alpha value is -0.510. The molecule has 0 bridgehead atoms. The van der Waals surface area contributed by atoms with Gasteiger partial charge < -0.3 is 24.4 Å². The van der Waals surface area contributed by atoms with Gasteiger partial charge in [-0.2, -0.15) is 0 Å². The lowest BCUT2D eigenvalue weighted by atomic mass is 10.3. The van der Waals surface area contributed by atoms with E-state index in [9.17, 15) is 0 Å². The van der Waals surface area contributed by atoms with Gasteiger partial charge in [0.2, 0.25) is 0 Å². The summed E-state index contributed by atoms with van der Waals surface area (Å²) in [7, 11) is 7.93. The Balaban J connectivity index is 0.00000264. The monoisotopic (exact) mass is 455 g/mol. The number of ether oxygens (including phenoxy) is 1. The van der Waals surface area contributed by atoms with Crippen molar-refractivity contribution in [2.24, 2.45) is 12.0 Å². The molecule has 2 rings (SSSR count). The fourth-order valence-electron chi connectivity index (χ4n) is 2.62. The molecular formula is C15H27ClIN5O. The van der Waals surface area contributed by atoms with Gasteiger partial charge in [-0.25, -0.2) is 0 Å². The molecular weight excluding hydrogens is 429 g/mol. The van der Waals surface area contributed by atoms with Gasteiger partial charge in [0, 0.05) is 52.7 Å². The fraction of sp³-hybridized carbons (Fsp3) is 0.667. The lowest BCUT2D eigenvalue weighted by Crippen LogP contribution is -2.48. The van der Waals surface area contributed by atoms with Crippen LogP contribution in [-0.2, 0) is 18.3 Å². The predicted molar refractivity (Wildman–Crippen MR) is 106 cm³/mol. The van der Waals surface area contributed by atoms with Crippen LogP contribution in [0, 0.1) is 0 Å². The van der Waals surface area contributed by atoms with Crippen LogP contribution in [0.5, 0.6) is 0 Å². The molecule has 1 atom stereocenters. The van der Waals surface area contributed by atoms with Crippen LogP contribution in [-0.4, -0.2) is 73.8 Å². The zero-order valence-corrected chi connectivity index (χ0v) is 17.3. The standard InChI is InChI=1S/C15H26ClN5O.HI/c1-17-15(18-8-14-11-19(2)5-6-22-14)21(4)10-13-7-12(16)9-20(13)3;/h7,9,14H,5-6,8,10-11H2,1-4H3,(H,17,18);1H. The quantitative estimate of drug-likeness (QED) is 0.426. The van der Waals surface area contributed by atoms with Crippen molar-refractivity contribution in [3.05, 3.63) is 23.0 Å². The van der Waals surface area contributed by atoms with Gasteiger partial charge >= 0.3 is 0 Å². The lowest BCUT2D eigenvalue weighted by Gasteiger charge is -2.31. The smallest absolute Gasteiger partial charge is 0.193 e. The number of morpholine rings is 1. The number of likely N-dealkylation sites (N-methyl/N-ethyl adjacent to an activating group) is 1. The van der Waals surface area contributed by atoms with Crippen molar-refractivity contribution in [3.63, 3.8) is 0 Å². The Morgan fingerprint density at radius 3 is 2.83 bits per heavy atom. The molecule has 2 heterocycles. The second-order valence-electron chi connectivity index (χ2n) is 5.80. The minimum atomic E-state index is 0. The number of hydrogen-bond acceptors (Lipinski definition) is 3. The van der Waals surface area contributed by atoms with Gasteiger partial charge in [0.15, 0.2) is 5.96 Å². The molecule has 1 saturated heterocycles. The summed E-state index contributed by atoms with van der Waals surface area (Å²) >= 11 is 6.03. The van der Waals surface area contributed by atoms with Crippen molar-refractivity contribution in [2.45, 2.75) is 12.6 Å². The van der Waals surface area contributed by atoms with Crippen LogP contribution in [0.25, 0.3) is 0 Å². The number of guanidine groups is 1. The predicted octanol–water partition coefficient (Wildman–Crippen LogP) is 1.63. The van der Waals surface area contributed by atoms with Crippen LogP contribution in [0.1, 0.15) is 5.69 Å². The number of nitrogens with zero attached hydrogens (tertiary/aromatic N) is 4. The van der Waals surface area contributed by atoms with E-state index in [1.165, 1.54) is 0 Å². The number of nitrogens with one attached hydrogen (secondary N) is 1. The van der Waals surface area contributed by atoms with Gasteiger partial charge in [0.25, 0.3) is 0 Å². The topological polar surface area (TPSA) is 45.0 Å². The molecule has 0 saturated carbocycles. The number of halogens is 2. The summed E-state index contributed by atoms with van der Waals surface area (Å²) in [6.07, 6.45) is 2.11. The Morgan fingerprint density at radius 2 is 2.26 bits per heavy atom. The minimum Gasteiger partial charge on any atom is -0.374 e. The van der Waals surface area contributed by atoms with Crippen LogP contribution >= 0.6 is 35.6 Å². The van der Waals surface area contributed by atoms with Crippen molar-refractivity contribution < 1.29 is 4.74 Å². The van der Waals surface area contributed by atoms with E-state index < -0.39 is 0 Å². The largest absolute Gasteiger partial charge is 0.374 e. The van der Waals surface area contributed by atoms with E-state index in [2.05, 4.69) is 27.2 Å². The highest BCUT2D eigenvalue weighted by Crippen LogP contribution is 2.14. The molecule has 1 fully saturated rings. The molecule has 0 aliphatic carbocycles. The van der Waals surface area contributed by atoms with E-state index >= 15 is 0 Å². The summed E-state index contributed by atoms with van der Waals surface area (Å²) in [6, 6.07) is 1.98. The van der Waals surface area contributed by atoms with Crippen molar-refractivity contribution in [1.82, 2.24) is 19.7 Å². The maximum absolute atomic E-state index is 6.03. The van der Waals surface area contributed by atoms with Crippen molar-refractivity contribution in [2.75, 3.05) is 47.4 Å². The molecule has 0 spiro atoms. The Morgan fingerprint density at radius 1 is 1.52 bits per heavy atom. The minimum absolute atomic E-state index is 0. The molecule has 0 aromatic carbocycles. The normalized spacial score (nSPS) is 19.3. The maximum Gasteiger partial charge on any atom is 0.193 e. The molecule has 1 aliphatic rings. The van der Waals surface area contributed by atoms with Crippen molar-refractivity contribution in [1.29, 1.82) is 0 Å². The second kappa shape index (κ2) is 9.71. The van der Waals surface area contributed by atoms with Crippen LogP contribution in [0.3, 0.4) is 0 Å². The highest BCUT2D eigenvalue weighted by atomic mass is 127. The third kappa shape index (κ3) is 6.13. The Kier molecular flexibility index (Phi) is 8.66. The SMILES string of the molecule is CN=C(NCC1CN(C)CCO1)N(C)Cc1cc(Cl)cn1C.I. The van der Waals surface area contributed by atoms with Crippen LogP contribution in [0.4, 0.5) is 0 Å². The molecule has 1 aromatic heterocycles. The summed E-state index contributed by atoms with van der Waals surface area (Å²) < 4.78 is 7.80. The van der Waals surface area contributed by atoms with Gasteiger partial charge in [0.05, 0.1) is 24.3 Å². The summed E-state index contributed by atoms with van der Waals surface area (Å²) in [5.41, 5.74) is 1.14. The summed E-state index contributed by atoms with van der Waals surface area (Å²) in [5.74, 6) is 0.856. The number of rotatable bonds is 4. The summed E-state index contributed by atoms with van der Waals surface area (Å²) in [6.45, 7) is 4.24. The first-order valence-corrected chi connectivity index (χ1v) is 7.90. The van der Waals surface area contributed by atoms with E-state index in [0.717, 1.165) is 49.5 Å². The summed E-state index contributed by atoms with van der Waals surface area (Å²) in [5, 5.41) is 4.14. The highest BCUT2D eigenvalue weighted by molar-refractivity contribution is 14.0. The van der Waals surface area contributed by atoms with Crippen LogP contribution in [0.15, 0.2) is 17.3 Å². The molecule has 1 N–H and O–H groups in total. The number of aromatic nitrogens is 1. The van der Waals surface area contributed by atoms with E-state index in [-0.39, 0.29) is 30.1 Å². The van der Waals surface area contributed by atoms with Crippen molar-refractivity contribution >= 4 is 41.5 Å². The van der Waals surface area contributed by atoms with Gasteiger partial charge in [-0.05, 0) is 13.1 Å². The van der Waals surface area contributed by atoms with Crippen LogP contribution in [0.2, 0.25) is 5.02 Å². The van der Waals surface area contributed by atoms with E-state index in [4.69, 9.17) is 16.3 Å². The van der Waals surface area contributed by atoms with Gasteiger partial charge in [-0.3, -0.25) is 4.99 Å². The molecule has 132 valence electrons. The van der Waals surface area contributed by atoms with E-state index in [0.29, 0.717) is 0 Å². The van der Waals surface area contributed by atoms with E-state index in [1.807, 2.05) is 30.9 Å². The molecule has 1 unspecified atom stereocenters. The summed E-state index contributed by atoms with van der Waals surface area (Å²) in [4.78, 5) is 8.71. The van der Waals surface area contributed by atoms with Crippen LogP contribution < -0.4 is 5.32 Å². The molecule has 0 amide bonds. The first kappa shape index (κ1) is 20.5. The number of aryl methyl sites for hydroxylation is 1. The number of aliphatic imine (C=N–C) groups is 1. The highest BCUT2D eigenvalue weighted by Gasteiger charge is 2.18. The average molecular weight is 456 g/mol. The molecule has 23 heavy (non-hydrogen) atoms. The molecule has 8 heteroatoms. The third-order valence-electron chi connectivity index (χ3n) is 3.88. The second-order valence-corrected chi connectivity index (χ2v) is 6.24. The Labute approximate surface area is 160 Å². The molecule has 0 radical (unpaired) electrons. The zero-order chi connectivity index (χ0) is 16.1. The van der Waals surface area contributed by atoms with Gasteiger partial charge in [-0.1, -0.05) is 11.6 Å². The Bertz CT molecular complexity index is 522. The first-order chi connectivity index (χ1) is 10.5. The van der Waals surface area contributed by atoms with E-state index in [1.54, 1.807) is 7.05 Å². The van der Waals surface area contributed by atoms with Crippen molar-refractivity contribution in [3.8, 4) is 0 Å². The first-order valence-electron chi connectivity index (χ1n) is 7.52.